The Morgan fingerprint density at radius 2 is 1.71 bits per heavy atom. The number of rotatable bonds is 11. The molecule has 8 heteroatoms. The first-order valence-corrected chi connectivity index (χ1v) is 13.1. The zero-order chi connectivity index (χ0) is 20.6. The molecule has 158 valence electrons. The van der Waals surface area contributed by atoms with Gasteiger partial charge in [0.15, 0.2) is 0 Å². The van der Waals surface area contributed by atoms with Crippen LogP contribution in [-0.4, -0.2) is 38.1 Å². The predicted octanol–water partition coefficient (Wildman–Crippen LogP) is 6.47. The van der Waals surface area contributed by atoms with Crippen molar-refractivity contribution in [2.45, 2.75) is 45.5 Å². The van der Waals surface area contributed by atoms with Crippen molar-refractivity contribution in [3.8, 4) is 5.75 Å². The third kappa shape index (κ3) is 5.80. The molecule has 1 aromatic rings. The molecule has 0 radical (unpaired) electrons. The number of methoxy groups -OCH3 is 1. The highest BCUT2D eigenvalue weighted by molar-refractivity contribution is 8.22. The van der Waals surface area contributed by atoms with Gasteiger partial charge in [-0.15, -0.1) is 11.8 Å². The molecular formula is C20H31O5PS2. The summed E-state index contributed by atoms with van der Waals surface area (Å²) in [4.78, 5) is 0. The average molecular weight is 447 g/mol. The molecule has 5 nitrogen and oxygen atoms in total. The lowest BCUT2D eigenvalue weighted by atomic mass is 9.95. The minimum Gasteiger partial charge on any atom is -0.497 e. The van der Waals surface area contributed by atoms with E-state index in [1.54, 1.807) is 30.6 Å². The highest BCUT2D eigenvalue weighted by Crippen LogP contribution is 2.67. The number of ether oxygens (including phenoxy) is 2. The zero-order valence-electron chi connectivity index (χ0n) is 17.3. The smallest absolute Gasteiger partial charge is 0.359 e. The lowest BCUT2D eigenvalue weighted by Crippen LogP contribution is -2.21. The van der Waals surface area contributed by atoms with E-state index in [0.717, 1.165) is 33.0 Å². The Morgan fingerprint density at radius 1 is 1.07 bits per heavy atom. The summed E-state index contributed by atoms with van der Waals surface area (Å²) in [5.74, 6) is 1.57. The molecule has 0 saturated carbocycles. The fourth-order valence-corrected chi connectivity index (χ4v) is 8.56. The highest BCUT2D eigenvalue weighted by Gasteiger charge is 2.43. The minimum atomic E-state index is -3.42. The SMILES string of the molecule is CCO[C@H]1C[C@@H](c2ccc(OC)cc2)C(P(=O)(OCC)OCC)=C(SCC)S1. The molecule has 0 unspecified atom stereocenters. The van der Waals surface area contributed by atoms with Crippen molar-refractivity contribution in [3.05, 3.63) is 39.4 Å². The van der Waals surface area contributed by atoms with Crippen molar-refractivity contribution in [2.75, 3.05) is 32.7 Å². The normalized spacial score (nSPS) is 20.5. The molecule has 28 heavy (non-hydrogen) atoms. The molecule has 2 atom stereocenters. The first-order valence-electron chi connectivity index (χ1n) is 9.71. The van der Waals surface area contributed by atoms with Crippen LogP contribution in [0.3, 0.4) is 0 Å². The molecule has 0 fully saturated rings. The van der Waals surface area contributed by atoms with Gasteiger partial charge in [0.05, 0.1) is 29.9 Å². The molecule has 0 N–H and O–H groups in total. The minimum absolute atomic E-state index is 0.00612. The van der Waals surface area contributed by atoms with E-state index in [4.69, 9.17) is 18.5 Å². The van der Waals surface area contributed by atoms with Crippen LogP contribution in [0.1, 0.15) is 45.6 Å². The third-order valence-electron chi connectivity index (χ3n) is 4.25. The molecule has 1 aliphatic rings. The summed E-state index contributed by atoms with van der Waals surface area (Å²) in [6.45, 7) is 9.09. The summed E-state index contributed by atoms with van der Waals surface area (Å²) in [5.41, 5.74) is 1.07. The van der Waals surface area contributed by atoms with Crippen LogP contribution in [0, 0.1) is 0 Å². The maximum Gasteiger partial charge on any atom is 0.359 e. The van der Waals surface area contributed by atoms with Gasteiger partial charge in [-0.3, -0.25) is 4.57 Å². The monoisotopic (exact) mass is 446 g/mol. The molecule has 0 amide bonds. The molecule has 2 rings (SSSR count). The molecule has 0 bridgehead atoms. The predicted molar refractivity (Wildman–Crippen MR) is 119 cm³/mol. The summed E-state index contributed by atoms with van der Waals surface area (Å²) in [6, 6.07) is 7.92. The van der Waals surface area contributed by atoms with Gasteiger partial charge in [-0.25, -0.2) is 0 Å². The second-order valence-electron chi connectivity index (χ2n) is 6.00. The first-order chi connectivity index (χ1) is 13.5. The van der Waals surface area contributed by atoms with Crippen LogP contribution in [0.25, 0.3) is 0 Å². The second kappa shape index (κ2) is 11.7. The fourth-order valence-electron chi connectivity index (χ4n) is 3.15. The van der Waals surface area contributed by atoms with Crippen molar-refractivity contribution in [3.63, 3.8) is 0 Å². The first kappa shape index (κ1) is 23.8. The second-order valence-corrected chi connectivity index (χ2v) is 10.7. The van der Waals surface area contributed by atoms with Crippen LogP contribution < -0.4 is 4.74 Å². The van der Waals surface area contributed by atoms with Gasteiger partial charge in [0, 0.05) is 12.5 Å². The topological polar surface area (TPSA) is 54.0 Å². The van der Waals surface area contributed by atoms with Gasteiger partial charge in [-0.1, -0.05) is 30.8 Å². The Bertz CT molecular complexity index is 682. The molecule has 1 heterocycles. The van der Waals surface area contributed by atoms with E-state index in [0.29, 0.717) is 19.8 Å². The van der Waals surface area contributed by atoms with E-state index in [1.165, 1.54) is 0 Å². The summed E-state index contributed by atoms with van der Waals surface area (Å²) >= 11 is 3.32. The Hall–Kier alpha value is -0.430. The van der Waals surface area contributed by atoms with E-state index >= 15 is 0 Å². The van der Waals surface area contributed by atoms with Crippen molar-refractivity contribution in [1.29, 1.82) is 0 Å². The van der Waals surface area contributed by atoms with Crippen LogP contribution in [0.15, 0.2) is 33.8 Å². The Kier molecular flexibility index (Phi) is 9.94. The number of thioether (sulfide) groups is 2. The molecule has 0 aliphatic carbocycles. The number of allylic oxidation sites excluding steroid dienone is 1. The third-order valence-corrected chi connectivity index (χ3v) is 9.31. The van der Waals surface area contributed by atoms with Crippen LogP contribution in [0.2, 0.25) is 0 Å². The van der Waals surface area contributed by atoms with Crippen molar-refractivity contribution >= 4 is 31.1 Å². The largest absolute Gasteiger partial charge is 0.497 e. The van der Waals surface area contributed by atoms with Crippen LogP contribution in [0.5, 0.6) is 5.75 Å². The van der Waals surface area contributed by atoms with Crippen molar-refractivity contribution < 1.29 is 23.1 Å². The summed E-state index contributed by atoms with van der Waals surface area (Å²) in [7, 11) is -1.77. The quantitative estimate of drug-likeness (QED) is 0.361. The van der Waals surface area contributed by atoms with Gasteiger partial charge < -0.3 is 18.5 Å². The number of hydrogen-bond acceptors (Lipinski definition) is 7. The van der Waals surface area contributed by atoms with E-state index in [-0.39, 0.29) is 11.4 Å². The zero-order valence-corrected chi connectivity index (χ0v) is 19.8. The van der Waals surface area contributed by atoms with Crippen molar-refractivity contribution in [1.82, 2.24) is 0 Å². The number of hydrogen-bond donors (Lipinski definition) is 0. The van der Waals surface area contributed by atoms with Gasteiger partial charge in [0.2, 0.25) is 0 Å². The van der Waals surface area contributed by atoms with Gasteiger partial charge in [0.1, 0.15) is 11.2 Å². The lowest BCUT2D eigenvalue weighted by Gasteiger charge is -2.35. The van der Waals surface area contributed by atoms with Crippen LogP contribution >= 0.6 is 31.1 Å². The maximum absolute atomic E-state index is 13.8. The van der Waals surface area contributed by atoms with Crippen LogP contribution in [-0.2, 0) is 18.3 Å². The summed E-state index contributed by atoms with van der Waals surface area (Å²) in [6.07, 6.45) is 0.720. The van der Waals surface area contributed by atoms with Crippen LogP contribution in [0.4, 0.5) is 0 Å². The van der Waals surface area contributed by atoms with Gasteiger partial charge in [-0.2, -0.15) is 0 Å². The Labute approximate surface area is 177 Å². The van der Waals surface area contributed by atoms with E-state index in [2.05, 4.69) is 6.92 Å². The molecule has 0 saturated heterocycles. The maximum atomic E-state index is 13.8. The summed E-state index contributed by atoms with van der Waals surface area (Å²) in [5, 5.41) is 0.772. The lowest BCUT2D eigenvalue weighted by molar-refractivity contribution is 0.115. The van der Waals surface area contributed by atoms with E-state index < -0.39 is 7.60 Å². The summed E-state index contributed by atoms with van der Waals surface area (Å²) < 4.78 is 37.6. The standard InChI is InChI=1S/C20H31O5PS2/c1-6-23-18-14-17(15-10-12-16(22-5)13-11-15)19(20(28-18)27-9-4)26(21,24-7-2)25-8-3/h10-13,17-18H,6-9,14H2,1-5H3/t17-,18+/m0/s1. The molecule has 1 aromatic carbocycles. The Morgan fingerprint density at radius 3 is 2.21 bits per heavy atom. The molecule has 0 aromatic heterocycles. The van der Waals surface area contributed by atoms with E-state index in [1.807, 2.05) is 45.0 Å². The van der Waals surface area contributed by atoms with Gasteiger partial charge >= 0.3 is 7.60 Å². The van der Waals surface area contributed by atoms with Gasteiger partial charge in [-0.05, 0) is 50.6 Å². The fraction of sp³-hybridized carbons (Fsp3) is 0.600. The van der Waals surface area contributed by atoms with Crippen molar-refractivity contribution in [2.24, 2.45) is 0 Å². The average Bonchev–Trinajstić information content (AvgIpc) is 2.68. The Balaban J connectivity index is 2.59. The number of benzene rings is 1. The molecule has 0 spiro atoms. The van der Waals surface area contributed by atoms with Gasteiger partial charge in [0.25, 0.3) is 0 Å². The van der Waals surface area contributed by atoms with E-state index in [9.17, 15) is 4.57 Å². The molecule has 1 aliphatic heterocycles. The molecular weight excluding hydrogens is 415 g/mol. The highest BCUT2D eigenvalue weighted by atomic mass is 32.2.